The molecule has 1 unspecified atom stereocenters. The molecule has 0 aliphatic rings. The second-order valence-corrected chi connectivity index (χ2v) is 3.77. The Balaban J connectivity index is 2.55. The summed E-state index contributed by atoms with van der Waals surface area (Å²) < 4.78 is 1.91. The molecule has 0 bridgehead atoms. The van der Waals surface area contributed by atoms with Gasteiger partial charge in [-0.3, -0.25) is 4.68 Å². The number of aryl methyl sites for hydroxylation is 1. The lowest BCUT2D eigenvalue weighted by Gasteiger charge is -2.00. The number of benzene rings is 1. The first-order valence-corrected chi connectivity index (χ1v) is 4.84. The van der Waals surface area contributed by atoms with Gasteiger partial charge in [0.25, 0.3) is 0 Å². The van der Waals surface area contributed by atoms with Crippen LogP contribution in [0.1, 0.15) is 12.6 Å². The Morgan fingerprint density at radius 1 is 1.43 bits per heavy atom. The standard InChI is InChI=1S/C11H15N3/c1-8(12)7-10-9-5-3-4-6-11(9)14(2)13-10/h3-6,8H,7,12H2,1-2H3. The summed E-state index contributed by atoms with van der Waals surface area (Å²) in [5, 5.41) is 5.68. The van der Waals surface area contributed by atoms with Crippen LogP contribution in [0.15, 0.2) is 24.3 Å². The van der Waals surface area contributed by atoms with Gasteiger partial charge in [0.05, 0.1) is 11.2 Å². The lowest BCUT2D eigenvalue weighted by molar-refractivity contribution is 0.693. The maximum atomic E-state index is 5.78. The monoisotopic (exact) mass is 189 g/mol. The highest BCUT2D eigenvalue weighted by Crippen LogP contribution is 2.18. The van der Waals surface area contributed by atoms with E-state index >= 15 is 0 Å². The number of nitrogens with two attached hydrogens (primary N) is 1. The first kappa shape index (κ1) is 9.21. The number of fused-ring (bicyclic) bond motifs is 1. The minimum atomic E-state index is 0.160. The Hall–Kier alpha value is -1.35. The van der Waals surface area contributed by atoms with Gasteiger partial charge in [-0.25, -0.2) is 0 Å². The van der Waals surface area contributed by atoms with Gasteiger partial charge in [0.15, 0.2) is 0 Å². The van der Waals surface area contributed by atoms with E-state index < -0.39 is 0 Å². The first-order chi connectivity index (χ1) is 6.68. The van der Waals surface area contributed by atoms with E-state index in [4.69, 9.17) is 5.73 Å². The van der Waals surface area contributed by atoms with Gasteiger partial charge in [-0.05, 0) is 13.0 Å². The van der Waals surface area contributed by atoms with Crippen LogP contribution < -0.4 is 5.73 Å². The topological polar surface area (TPSA) is 43.8 Å². The van der Waals surface area contributed by atoms with Crippen molar-refractivity contribution in [1.82, 2.24) is 9.78 Å². The second kappa shape index (κ2) is 3.42. The molecule has 1 aromatic heterocycles. The Morgan fingerprint density at radius 2 is 2.14 bits per heavy atom. The molecule has 74 valence electrons. The van der Waals surface area contributed by atoms with Crippen molar-refractivity contribution in [1.29, 1.82) is 0 Å². The summed E-state index contributed by atoms with van der Waals surface area (Å²) >= 11 is 0. The Kier molecular flexibility index (Phi) is 2.25. The average molecular weight is 189 g/mol. The van der Waals surface area contributed by atoms with Gasteiger partial charge in [0.2, 0.25) is 0 Å². The van der Waals surface area contributed by atoms with E-state index in [2.05, 4.69) is 17.2 Å². The quantitative estimate of drug-likeness (QED) is 0.777. The summed E-state index contributed by atoms with van der Waals surface area (Å²) in [4.78, 5) is 0. The number of hydrogen-bond donors (Lipinski definition) is 1. The van der Waals surface area contributed by atoms with E-state index in [0.29, 0.717) is 0 Å². The fourth-order valence-electron chi connectivity index (χ4n) is 1.74. The average Bonchev–Trinajstić information content (AvgIpc) is 2.44. The van der Waals surface area contributed by atoms with Gasteiger partial charge in [0, 0.05) is 24.9 Å². The summed E-state index contributed by atoms with van der Waals surface area (Å²) in [6.45, 7) is 2.00. The molecule has 1 heterocycles. The Labute approximate surface area is 83.5 Å². The fraction of sp³-hybridized carbons (Fsp3) is 0.364. The molecule has 0 fully saturated rings. The van der Waals surface area contributed by atoms with Crippen LogP contribution in [0.2, 0.25) is 0 Å². The smallest absolute Gasteiger partial charge is 0.0718 e. The van der Waals surface area contributed by atoms with E-state index in [-0.39, 0.29) is 6.04 Å². The van der Waals surface area contributed by atoms with Crippen LogP contribution in [0.25, 0.3) is 10.9 Å². The summed E-state index contributed by atoms with van der Waals surface area (Å²) in [5.41, 5.74) is 8.04. The maximum absolute atomic E-state index is 5.78. The summed E-state index contributed by atoms with van der Waals surface area (Å²) in [7, 11) is 1.97. The molecule has 0 saturated carbocycles. The fourth-order valence-corrected chi connectivity index (χ4v) is 1.74. The van der Waals surface area contributed by atoms with Crippen molar-refractivity contribution in [2.24, 2.45) is 12.8 Å². The number of rotatable bonds is 2. The van der Waals surface area contributed by atoms with Crippen molar-refractivity contribution >= 4 is 10.9 Å². The molecule has 1 atom stereocenters. The molecule has 0 amide bonds. The van der Waals surface area contributed by atoms with E-state index in [0.717, 1.165) is 12.1 Å². The van der Waals surface area contributed by atoms with Crippen LogP contribution in [0.5, 0.6) is 0 Å². The highest BCUT2D eigenvalue weighted by atomic mass is 15.3. The van der Waals surface area contributed by atoms with Gasteiger partial charge >= 0.3 is 0 Å². The van der Waals surface area contributed by atoms with Crippen LogP contribution in [-0.2, 0) is 13.5 Å². The van der Waals surface area contributed by atoms with Crippen LogP contribution in [0, 0.1) is 0 Å². The molecule has 2 rings (SSSR count). The van der Waals surface area contributed by atoms with E-state index in [1.54, 1.807) is 0 Å². The zero-order valence-corrected chi connectivity index (χ0v) is 8.57. The van der Waals surface area contributed by atoms with Gasteiger partial charge in [0.1, 0.15) is 0 Å². The number of hydrogen-bond acceptors (Lipinski definition) is 2. The minimum absolute atomic E-state index is 0.160. The second-order valence-electron chi connectivity index (χ2n) is 3.77. The third-order valence-electron chi connectivity index (χ3n) is 2.35. The van der Waals surface area contributed by atoms with Gasteiger partial charge in [-0.1, -0.05) is 18.2 Å². The molecule has 0 saturated heterocycles. The third-order valence-corrected chi connectivity index (χ3v) is 2.35. The molecule has 0 aliphatic carbocycles. The van der Waals surface area contributed by atoms with E-state index in [1.165, 1.54) is 10.9 Å². The van der Waals surface area contributed by atoms with Gasteiger partial charge in [-0.2, -0.15) is 5.10 Å². The predicted octanol–water partition coefficient (Wildman–Crippen LogP) is 1.46. The number of aromatic nitrogens is 2. The maximum Gasteiger partial charge on any atom is 0.0718 e. The van der Waals surface area contributed by atoms with Crippen molar-refractivity contribution in [3.05, 3.63) is 30.0 Å². The lowest BCUT2D eigenvalue weighted by atomic mass is 10.1. The van der Waals surface area contributed by atoms with E-state index in [1.807, 2.05) is 30.8 Å². The van der Waals surface area contributed by atoms with Crippen molar-refractivity contribution in [3.63, 3.8) is 0 Å². The number of para-hydroxylation sites is 1. The third kappa shape index (κ3) is 1.51. The van der Waals surface area contributed by atoms with Crippen molar-refractivity contribution in [3.8, 4) is 0 Å². The molecular formula is C11H15N3. The van der Waals surface area contributed by atoms with Crippen molar-refractivity contribution in [2.75, 3.05) is 0 Å². The highest BCUT2D eigenvalue weighted by Gasteiger charge is 2.08. The van der Waals surface area contributed by atoms with Gasteiger partial charge < -0.3 is 5.73 Å². The summed E-state index contributed by atoms with van der Waals surface area (Å²) in [6, 6.07) is 8.40. The summed E-state index contributed by atoms with van der Waals surface area (Å²) in [5.74, 6) is 0. The molecule has 14 heavy (non-hydrogen) atoms. The zero-order chi connectivity index (χ0) is 10.1. The zero-order valence-electron chi connectivity index (χ0n) is 8.57. The van der Waals surface area contributed by atoms with Crippen molar-refractivity contribution in [2.45, 2.75) is 19.4 Å². The van der Waals surface area contributed by atoms with Crippen molar-refractivity contribution < 1.29 is 0 Å². The molecular weight excluding hydrogens is 174 g/mol. The molecule has 2 aromatic rings. The predicted molar refractivity (Wildman–Crippen MR) is 58.1 cm³/mol. The largest absolute Gasteiger partial charge is 0.328 e. The molecule has 0 spiro atoms. The molecule has 3 heteroatoms. The molecule has 0 aliphatic heterocycles. The molecule has 2 N–H and O–H groups in total. The molecule has 3 nitrogen and oxygen atoms in total. The lowest BCUT2D eigenvalue weighted by Crippen LogP contribution is -2.18. The first-order valence-electron chi connectivity index (χ1n) is 4.84. The number of nitrogens with zero attached hydrogens (tertiary/aromatic N) is 2. The summed E-state index contributed by atoms with van der Waals surface area (Å²) in [6.07, 6.45) is 0.835. The minimum Gasteiger partial charge on any atom is -0.328 e. The van der Waals surface area contributed by atoms with Gasteiger partial charge in [-0.15, -0.1) is 0 Å². The molecule has 0 radical (unpaired) electrons. The normalized spacial score (nSPS) is 13.4. The van der Waals surface area contributed by atoms with E-state index in [9.17, 15) is 0 Å². The van der Waals surface area contributed by atoms with Crippen LogP contribution in [-0.4, -0.2) is 15.8 Å². The Bertz CT molecular complexity index is 443. The van der Waals surface area contributed by atoms with Crippen LogP contribution in [0.4, 0.5) is 0 Å². The SMILES string of the molecule is CC(N)Cc1nn(C)c2ccccc12. The molecule has 1 aromatic carbocycles. The highest BCUT2D eigenvalue weighted by molar-refractivity contribution is 5.81. The Morgan fingerprint density at radius 3 is 2.86 bits per heavy atom. The van der Waals surface area contributed by atoms with Crippen LogP contribution in [0.3, 0.4) is 0 Å². The van der Waals surface area contributed by atoms with Crippen LogP contribution >= 0.6 is 0 Å².